The van der Waals surface area contributed by atoms with E-state index in [9.17, 15) is 9.59 Å². The summed E-state index contributed by atoms with van der Waals surface area (Å²) in [4.78, 5) is 24.9. The molecule has 0 aliphatic rings. The quantitative estimate of drug-likeness (QED) is 0.742. The summed E-state index contributed by atoms with van der Waals surface area (Å²) in [7, 11) is 0. The zero-order chi connectivity index (χ0) is 20.7. The van der Waals surface area contributed by atoms with Gasteiger partial charge in [0.1, 0.15) is 19.3 Å². The fourth-order valence-corrected chi connectivity index (χ4v) is 2.35. The van der Waals surface area contributed by atoms with E-state index in [0.717, 1.165) is 5.56 Å². The van der Waals surface area contributed by atoms with Crippen molar-refractivity contribution in [2.24, 2.45) is 0 Å². The number of alkyl carbamates (subject to hydrolysis) is 1. The van der Waals surface area contributed by atoms with Crippen molar-refractivity contribution < 1.29 is 23.8 Å². The molecular formula is C21H33NO5. The molecule has 1 N–H and O–H groups in total. The number of hydrogen-bond donors (Lipinski definition) is 1. The topological polar surface area (TPSA) is 73.9 Å². The number of ketones is 1. The Balaban J connectivity index is 2.73. The Bertz CT molecular complexity index is 601. The van der Waals surface area contributed by atoms with Crippen molar-refractivity contribution in [3.8, 4) is 0 Å². The number of nitrogens with one attached hydrogen (secondary N) is 1. The first kappa shape index (κ1) is 23.1. The summed E-state index contributed by atoms with van der Waals surface area (Å²) in [6.45, 7) is 13.0. The highest BCUT2D eigenvalue weighted by molar-refractivity contribution is 5.89. The molecule has 1 aromatic carbocycles. The average molecular weight is 379 g/mol. The van der Waals surface area contributed by atoms with Gasteiger partial charge in [-0.25, -0.2) is 4.79 Å². The highest BCUT2D eigenvalue weighted by Gasteiger charge is 2.31. The Kier molecular flexibility index (Phi) is 8.44. The van der Waals surface area contributed by atoms with Gasteiger partial charge in [-0.1, -0.05) is 30.3 Å². The molecule has 1 aromatic rings. The van der Waals surface area contributed by atoms with Crippen LogP contribution in [0.3, 0.4) is 0 Å². The minimum Gasteiger partial charge on any atom is -0.445 e. The van der Waals surface area contributed by atoms with Gasteiger partial charge in [0, 0.05) is 0 Å². The van der Waals surface area contributed by atoms with Gasteiger partial charge >= 0.3 is 6.09 Å². The normalized spacial score (nSPS) is 14.3. The highest BCUT2D eigenvalue weighted by atomic mass is 16.6. The number of hydrogen-bond acceptors (Lipinski definition) is 5. The Morgan fingerprint density at radius 3 is 2.11 bits per heavy atom. The number of carbonyl (C=O) groups is 2. The Labute approximate surface area is 162 Å². The number of Topliss-reactive ketones (excluding diaryl/α,β-unsaturated/α-hetero) is 1. The van der Waals surface area contributed by atoms with Crippen LogP contribution in [0, 0.1) is 0 Å². The SMILES string of the molecule is C[C@@H](OC(C)(C)C)[C@H](NC(=O)OCc1ccccc1)C(=O)COC(C)(C)C. The van der Waals surface area contributed by atoms with Crippen molar-refractivity contribution in [2.45, 2.75) is 78.4 Å². The number of rotatable bonds is 8. The number of amides is 1. The molecule has 0 aromatic heterocycles. The van der Waals surface area contributed by atoms with E-state index in [1.807, 2.05) is 71.9 Å². The molecule has 0 aliphatic carbocycles. The van der Waals surface area contributed by atoms with Crippen LogP contribution in [0.5, 0.6) is 0 Å². The zero-order valence-corrected chi connectivity index (χ0v) is 17.5. The molecule has 27 heavy (non-hydrogen) atoms. The van der Waals surface area contributed by atoms with E-state index in [4.69, 9.17) is 14.2 Å². The molecular weight excluding hydrogens is 346 g/mol. The fraction of sp³-hybridized carbons (Fsp3) is 0.619. The molecule has 0 radical (unpaired) electrons. The molecule has 0 saturated carbocycles. The second-order valence-corrected chi connectivity index (χ2v) is 8.49. The van der Waals surface area contributed by atoms with Crippen molar-refractivity contribution in [1.29, 1.82) is 0 Å². The molecule has 1 amide bonds. The van der Waals surface area contributed by atoms with Crippen molar-refractivity contribution >= 4 is 11.9 Å². The third-order valence-corrected chi connectivity index (χ3v) is 3.49. The largest absolute Gasteiger partial charge is 0.445 e. The van der Waals surface area contributed by atoms with Crippen LogP contribution in [-0.2, 0) is 25.6 Å². The van der Waals surface area contributed by atoms with Gasteiger partial charge < -0.3 is 19.5 Å². The molecule has 0 bridgehead atoms. The molecule has 152 valence electrons. The van der Waals surface area contributed by atoms with Crippen LogP contribution in [0.25, 0.3) is 0 Å². The second-order valence-electron chi connectivity index (χ2n) is 8.49. The molecule has 0 saturated heterocycles. The van der Waals surface area contributed by atoms with Crippen LogP contribution < -0.4 is 5.32 Å². The van der Waals surface area contributed by atoms with E-state index in [0.29, 0.717) is 0 Å². The molecule has 0 unspecified atom stereocenters. The second kappa shape index (κ2) is 9.85. The molecule has 0 aliphatic heterocycles. The third kappa shape index (κ3) is 10.1. The summed E-state index contributed by atoms with van der Waals surface area (Å²) in [5, 5.41) is 2.63. The van der Waals surface area contributed by atoms with Gasteiger partial charge in [-0.15, -0.1) is 0 Å². The first-order chi connectivity index (χ1) is 12.4. The molecule has 6 heteroatoms. The van der Waals surface area contributed by atoms with Gasteiger partial charge in [-0.2, -0.15) is 0 Å². The van der Waals surface area contributed by atoms with Crippen LogP contribution >= 0.6 is 0 Å². The first-order valence-electron chi connectivity index (χ1n) is 9.19. The predicted molar refractivity (Wildman–Crippen MR) is 105 cm³/mol. The molecule has 2 atom stereocenters. The molecule has 6 nitrogen and oxygen atoms in total. The summed E-state index contributed by atoms with van der Waals surface area (Å²) >= 11 is 0. The molecule has 0 spiro atoms. The van der Waals surface area contributed by atoms with Crippen LogP contribution in [0.4, 0.5) is 4.79 Å². The number of carbonyl (C=O) groups excluding carboxylic acids is 2. The molecule has 0 fully saturated rings. The summed E-state index contributed by atoms with van der Waals surface area (Å²) in [5.74, 6) is -0.265. The fourth-order valence-electron chi connectivity index (χ4n) is 2.35. The van der Waals surface area contributed by atoms with E-state index >= 15 is 0 Å². The standard InChI is InChI=1S/C21H33NO5/c1-15(27-21(5,6)7)18(17(23)14-26-20(2,3)4)22-19(24)25-13-16-11-9-8-10-12-16/h8-12,15,18H,13-14H2,1-7H3,(H,22,24)/t15-,18+/m1/s1. The predicted octanol–water partition coefficient (Wildman–Crippen LogP) is 3.87. The van der Waals surface area contributed by atoms with Gasteiger partial charge in [0.2, 0.25) is 0 Å². The maximum Gasteiger partial charge on any atom is 0.408 e. The average Bonchev–Trinajstić information content (AvgIpc) is 2.54. The van der Waals surface area contributed by atoms with Crippen LogP contribution in [0.15, 0.2) is 30.3 Å². The maximum absolute atomic E-state index is 12.7. The summed E-state index contributed by atoms with van der Waals surface area (Å²) in [5.41, 5.74) is -0.0498. The van der Waals surface area contributed by atoms with Gasteiger partial charge in [0.25, 0.3) is 0 Å². The van der Waals surface area contributed by atoms with Crippen molar-refractivity contribution in [3.05, 3.63) is 35.9 Å². The summed E-state index contributed by atoms with van der Waals surface area (Å²) in [6, 6.07) is 8.48. The maximum atomic E-state index is 12.7. The Morgan fingerprint density at radius 1 is 1.00 bits per heavy atom. The highest BCUT2D eigenvalue weighted by Crippen LogP contribution is 2.15. The van der Waals surface area contributed by atoms with E-state index in [-0.39, 0.29) is 19.0 Å². The van der Waals surface area contributed by atoms with E-state index in [1.54, 1.807) is 6.92 Å². The van der Waals surface area contributed by atoms with Gasteiger partial charge in [-0.3, -0.25) is 4.79 Å². The number of benzene rings is 1. The van der Waals surface area contributed by atoms with E-state index in [1.165, 1.54) is 0 Å². The van der Waals surface area contributed by atoms with Crippen molar-refractivity contribution in [2.75, 3.05) is 6.61 Å². The van der Waals surface area contributed by atoms with Crippen molar-refractivity contribution in [1.82, 2.24) is 5.32 Å². The van der Waals surface area contributed by atoms with Crippen molar-refractivity contribution in [3.63, 3.8) is 0 Å². The minimum absolute atomic E-state index is 0.120. The zero-order valence-electron chi connectivity index (χ0n) is 17.5. The lowest BCUT2D eigenvalue weighted by Gasteiger charge is -2.31. The summed E-state index contributed by atoms with van der Waals surface area (Å²) in [6.07, 6.45) is -1.21. The van der Waals surface area contributed by atoms with E-state index < -0.39 is 29.4 Å². The lowest BCUT2D eigenvalue weighted by molar-refractivity contribution is -0.137. The van der Waals surface area contributed by atoms with Gasteiger partial charge in [-0.05, 0) is 54.0 Å². The smallest absolute Gasteiger partial charge is 0.408 e. The molecule has 1 rings (SSSR count). The lowest BCUT2D eigenvalue weighted by atomic mass is 10.1. The minimum atomic E-state index is -0.866. The lowest BCUT2D eigenvalue weighted by Crippen LogP contribution is -2.52. The van der Waals surface area contributed by atoms with Crippen LogP contribution in [-0.4, -0.2) is 41.8 Å². The summed E-state index contributed by atoms with van der Waals surface area (Å²) < 4.78 is 16.7. The third-order valence-electron chi connectivity index (χ3n) is 3.49. The monoisotopic (exact) mass is 379 g/mol. The van der Waals surface area contributed by atoms with Crippen LogP contribution in [0.2, 0.25) is 0 Å². The van der Waals surface area contributed by atoms with Crippen LogP contribution in [0.1, 0.15) is 54.0 Å². The first-order valence-corrected chi connectivity index (χ1v) is 9.19. The Hall–Kier alpha value is -1.92. The van der Waals surface area contributed by atoms with Gasteiger partial charge in [0.15, 0.2) is 5.78 Å². The van der Waals surface area contributed by atoms with E-state index in [2.05, 4.69) is 5.32 Å². The number of ether oxygens (including phenoxy) is 3. The van der Waals surface area contributed by atoms with Gasteiger partial charge in [0.05, 0.1) is 17.3 Å². The molecule has 0 heterocycles. The Morgan fingerprint density at radius 2 is 1.59 bits per heavy atom.